The van der Waals surface area contributed by atoms with Crippen LogP contribution in [0, 0.1) is 23.7 Å². The summed E-state index contributed by atoms with van der Waals surface area (Å²) in [5.74, 6) is -0.807. The summed E-state index contributed by atoms with van der Waals surface area (Å²) in [6, 6.07) is 27.0. The van der Waals surface area contributed by atoms with Crippen LogP contribution in [0.5, 0.6) is 0 Å². The molecule has 0 saturated heterocycles. The predicted octanol–water partition coefficient (Wildman–Crippen LogP) is 7.26. The zero-order chi connectivity index (χ0) is 38.6. The van der Waals surface area contributed by atoms with Crippen molar-refractivity contribution in [3.63, 3.8) is 0 Å². The number of carbonyl (C=O) groups excluding carboxylic acids is 3. The number of amides is 3. The second-order valence-corrected chi connectivity index (χ2v) is 16.1. The average Bonchev–Trinajstić information content (AvgIpc) is 3.69. The molecule has 5 N–H and O–H groups in total. The Morgan fingerprint density at radius 1 is 0.722 bits per heavy atom. The zero-order valence-electron chi connectivity index (χ0n) is 32.6. The SMILES string of the molecule is CCC(C)[C@@H](CO)NC(=O)CC(O)C(CC(C)C)NC(=O)[C@H](CC1CCCC1)NC(=O)C(Cc1cccc2ccccc12)Cc1cccc2ccccc12. The van der Waals surface area contributed by atoms with Gasteiger partial charge in [-0.3, -0.25) is 14.4 Å². The van der Waals surface area contributed by atoms with Gasteiger partial charge in [0.05, 0.1) is 31.2 Å². The second kappa shape index (κ2) is 19.9. The normalized spacial score (nSPS) is 16.3. The van der Waals surface area contributed by atoms with E-state index in [9.17, 15) is 24.6 Å². The first kappa shape index (κ1) is 40.9. The summed E-state index contributed by atoms with van der Waals surface area (Å²) in [7, 11) is 0. The smallest absolute Gasteiger partial charge is 0.242 e. The molecule has 0 bridgehead atoms. The van der Waals surface area contributed by atoms with Crippen LogP contribution in [0.2, 0.25) is 0 Å². The van der Waals surface area contributed by atoms with Gasteiger partial charge >= 0.3 is 0 Å². The van der Waals surface area contributed by atoms with Crippen molar-refractivity contribution in [1.82, 2.24) is 16.0 Å². The minimum Gasteiger partial charge on any atom is -0.394 e. The number of aliphatic hydroxyl groups excluding tert-OH is 2. The Morgan fingerprint density at radius 2 is 1.28 bits per heavy atom. The molecule has 1 aliphatic carbocycles. The van der Waals surface area contributed by atoms with Gasteiger partial charge in [0.2, 0.25) is 17.7 Å². The van der Waals surface area contributed by atoms with Crippen LogP contribution in [0.3, 0.4) is 0 Å². The molecule has 3 unspecified atom stereocenters. The molecule has 8 nitrogen and oxygen atoms in total. The van der Waals surface area contributed by atoms with E-state index in [1.165, 1.54) is 0 Å². The van der Waals surface area contributed by atoms with E-state index in [0.29, 0.717) is 31.6 Å². The van der Waals surface area contributed by atoms with Crippen molar-refractivity contribution in [2.45, 2.75) is 116 Å². The lowest BCUT2D eigenvalue weighted by molar-refractivity contribution is -0.132. The van der Waals surface area contributed by atoms with E-state index in [0.717, 1.165) is 64.8 Å². The van der Waals surface area contributed by atoms with E-state index in [1.54, 1.807) is 0 Å². The summed E-state index contributed by atoms with van der Waals surface area (Å²) >= 11 is 0. The summed E-state index contributed by atoms with van der Waals surface area (Å²) in [5, 5.41) is 34.8. The Balaban J connectivity index is 1.39. The van der Waals surface area contributed by atoms with Gasteiger partial charge in [0.15, 0.2) is 0 Å². The topological polar surface area (TPSA) is 128 Å². The Hall–Kier alpha value is -4.27. The van der Waals surface area contributed by atoms with E-state index >= 15 is 0 Å². The molecule has 1 saturated carbocycles. The van der Waals surface area contributed by atoms with Crippen molar-refractivity contribution < 1.29 is 24.6 Å². The van der Waals surface area contributed by atoms with Crippen LogP contribution < -0.4 is 16.0 Å². The lowest BCUT2D eigenvalue weighted by Gasteiger charge is -2.30. The van der Waals surface area contributed by atoms with Crippen molar-refractivity contribution in [1.29, 1.82) is 0 Å². The highest BCUT2D eigenvalue weighted by Crippen LogP contribution is 2.30. The molecule has 0 heterocycles. The lowest BCUT2D eigenvalue weighted by Crippen LogP contribution is -2.55. The Labute approximate surface area is 321 Å². The lowest BCUT2D eigenvalue weighted by atomic mass is 9.87. The van der Waals surface area contributed by atoms with E-state index < -0.39 is 30.1 Å². The molecule has 0 spiro atoms. The zero-order valence-corrected chi connectivity index (χ0v) is 32.6. The fraction of sp³-hybridized carbons (Fsp3) is 0.500. The standard InChI is InChI=1S/C46H61N3O5/c1-5-31(4)42(29-50)47-44(52)28-43(51)40(24-30(2)3)48-46(54)41(25-32-14-6-7-15-32)49-45(53)37(26-35-20-12-18-33-16-8-10-22-38(33)35)27-36-21-13-19-34-17-9-11-23-39(34)36/h8-13,16-23,30-32,37,40-43,50-51H,5-7,14-15,24-29H2,1-4H3,(H,47,52)(H,48,54)(H,49,53)/t31?,40?,41-,42+,43?/m0/s1. The van der Waals surface area contributed by atoms with E-state index in [2.05, 4.69) is 64.5 Å². The fourth-order valence-corrected chi connectivity index (χ4v) is 8.18. The van der Waals surface area contributed by atoms with Gasteiger partial charge < -0.3 is 26.2 Å². The number of benzene rings is 4. The number of nitrogens with one attached hydrogen (secondary N) is 3. The van der Waals surface area contributed by atoms with Crippen LogP contribution >= 0.6 is 0 Å². The van der Waals surface area contributed by atoms with Crippen LogP contribution in [0.25, 0.3) is 21.5 Å². The van der Waals surface area contributed by atoms with Gasteiger partial charge in [-0.25, -0.2) is 0 Å². The highest BCUT2D eigenvalue weighted by atomic mass is 16.3. The van der Waals surface area contributed by atoms with Crippen molar-refractivity contribution in [2.75, 3.05) is 6.61 Å². The first-order valence-electron chi connectivity index (χ1n) is 20.2. The summed E-state index contributed by atoms with van der Waals surface area (Å²) < 4.78 is 0. The fourth-order valence-electron chi connectivity index (χ4n) is 8.18. The minimum absolute atomic E-state index is 0.0762. The molecule has 0 aliphatic heterocycles. The van der Waals surface area contributed by atoms with Gasteiger partial charge in [0, 0.05) is 5.92 Å². The number of aliphatic hydroxyl groups is 2. The number of rotatable bonds is 19. The molecule has 5 atom stereocenters. The van der Waals surface area contributed by atoms with E-state index in [1.807, 2.05) is 64.1 Å². The number of fused-ring (bicyclic) bond motifs is 2. The minimum atomic E-state index is -1.14. The first-order valence-corrected chi connectivity index (χ1v) is 20.2. The molecule has 0 aromatic heterocycles. The first-order chi connectivity index (χ1) is 26.1. The quantitative estimate of drug-likeness (QED) is 0.0693. The van der Waals surface area contributed by atoms with Crippen LogP contribution in [0.4, 0.5) is 0 Å². The number of carbonyl (C=O) groups is 3. The van der Waals surface area contributed by atoms with Crippen LogP contribution in [0.15, 0.2) is 84.9 Å². The summed E-state index contributed by atoms with van der Waals surface area (Å²) in [6.07, 6.45) is 5.66. The Kier molecular flexibility index (Phi) is 15.1. The summed E-state index contributed by atoms with van der Waals surface area (Å²) in [4.78, 5) is 42.0. The van der Waals surface area contributed by atoms with Gasteiger partial charge in [-0.2, -0.15) is 0 Å². The largest absolute Gasteiger partial charge is 0.394 e. The molecule has 290 valence electrons. The molecule has 5 rings (SSSR count). The Morgan fingerprint density at radius 3 is 1.81 bits per heavy atom. The van der Waals surface area contributed by atoms with Crippen molar-refractivity contribution >= 4 is 39.3 Å². The van der Waals surface area contributed by atoms with Gasteiger partial charge in [0.1, 0.15) is 6.04 Å². The third-order valence-corrected chi connectivity index (χ3v) is 11.5. The molecule has 1 fully saturated rings. The maximum atomic E-state index is 14.7. The molecule has 4 aromatic rings. The third-order valence-electron chi connectivity index (χ3n) is 11.5. The van der Waals surface area contributed by atoms with Gasteiger partial charge in [0.25, 0.3) is 0 Å². The highest BCUT2D eigenvalue weighted by molar-refractivity contribution is 5.91. The maximum absolute atomic E-state index is 14.7. The molecular formula is C46H61N3O5. The maximum Gasteiger partial charge on any atom is 0.242 e. The average molecular weight is 736 g/mol. The number of hydrogen-bond donors (Lipinski definition) is 5. The van der Waals surface area contributed by atoms with Crippen molar-refractivity contribution in [3.8, 4) is 0 Å². The monoisotopic (exact) mass is 735 g/mol. The number of hydrogen-bond acceptors (Lipinski definition) is 5. The molecule has 54 heavy (non-hydrogen) atoms. The highest BCUT2D eigenvalue weighted by Gasteiger charge is 2.33. The van der Waals surface area contributed by atoms with Crippen LogP contribution in [-0.4, -0.2) is 58.8 Å². The van der Waals surface area contributed by atoms with Gasteiger partial charge in [-0.15, -0.1) is 0 Å². The second-order valence-electron chi connectivity index (χ2n) is 16.1. The third kappa shape index (κ3) is 11.1. The van der Waals surface area contributed by atoms with E-state index in [-0.39, 0.29) is 42.6 Å². The molecule has 0 radical (unpaired) electrons. The molecule has 4 aromatic carbocycles. The molecular weight excluding hydrogens is 675 g/mol. The molecule has 1 aliphatic rings. The molecule has 8 heteroatoms. The molecule has 3 amide bonds. The van der Waals surface area contributed by atoms with Crippen molar-refractivity contribution in [2.24, 2.45) is 23.7 Å². The summed E-state index contributed by atoms with van der Waals surface area (Å²) in [6.45, 7) is 7.80. The van der Waals surface area contributed by atoms with Crippen molar-refractivity contribution in [3.05, 3.63) is 96.1 Å². The van der Waals surface area contributed by atoms with Gasteiger partial charge in [-0.05, 0) is 76.1 Å². The summed E-state index contributed by atoms with van der Waals surface area (Å²) in [5.41, 5.74) is 2.17. The predicted molar refractivity (Wildman–Crippen MR) is 218 cm³/mol. The van der Waals surface area contributed by atoms with E-state index in [4.69, 9.17) is 0 Å². The van der Waals surface area contributed by atoms with Gasteiger partial charge in [-0.1, -0.05) is 145 Å². The van der Waals surface area contributed by atoms with Crippen LogP contribution in [-0.2, 0) is 27.2 Å². The van der Waals surface area contributed by atoms with Crippen LogP contribution in [0.1, 0.15) is 90.2 Å². The Bertz CT molecular complexity index is 1740.